The van der Waals surface area contributed by atoms with Gasteiger partial charge in [-0.15, -0.1) is 0 Å². The van der Waals surface area contributed by atoms with Crippen LogP contribution in [0.3, 0.4) is 0 Å². The average molecular weight is 376 g/mol. The van der Waals surface area contributed by atoms with E-state index in [2.05, 4.69) is 30.5 Å². The first-order valence-electron chi connectivity index (χ1n) is 9.02. The fourth-order valence-corrected chi connectivity index (χ4v) is 2.89. The van der Waals surface area contributed by atoms with Crippen LogP contribution in [0.5, 0.6) is 0 Å². The fraction of sp³-hybridized carbons (Fsp3) is 0.200. The van der Waals surface area contributed by atoms with Gasteiger partial charge in [0.05, 0.1) is 13.2 Å². The van der Waals surface area contributed by atoms with E-state index in [9.17, 15) is 4.79 Å². The Morgan fingerprint density at radius 3 is 2.29 bits per heavy atom. The quantitative estimate of drug-likeness (QED) is 0.727. The Kier molecular flexibility index (Phi) is 5.39. The lowest BCUT2D eigenvalue weighted by molar-refractivity contribution is 0.122. The first kappa shape index (κ1) is 17.9. The summed E-state index contributed by atoms with van der Waals surface area (Å²) in [5, 5.41) is 5.55. The van der Waals surface area contributed by atoms with Gasteiger partial charge in [0.15, 0.2) is 5.82 Å². The Morgan fingerprint density at radius 1 is 0.893 bits per heavy atom. The maximum atomic E-state index is 12.1. The summed E-state index contributed by atoms with van der Waals surface area (Å²) >= 11 is 0. The molecule has 2 aromatic heterocycles. The van der Waals surface area contributed by atoms with Gasteiger partial charge in [-0.25, -0.2) is 14.8 Å². The molecule has 28 heavy (non-hydrogen) atoms. The molecule has 1 aliphatic heterocycles. The molecule has 0 saturated carbocycles. The highest BCUT2D eigenvalue weighted by molar-refractivity contribution is 5.99. The average Bonchev–Trinajstić information content (AvgIpc) is 2.76. The van der Waals surface area contributed by atoms with Gasteiger partial charge in [0, 0.05) is 48.6 Å². The van der Waals surface area contributed by atoms with E-state index in [1.807, 2.05) is 30.3 Å². The SMILES string of the molecule is O=C(Nc1ccncc1)Nc1ccc(-c2nccc(N3CCOCC3)n2)cc1. The molecular formula is C20H20N6O2. The van der Waals surface area contributed by atoms with E-state index in [0.717, 1.165) is 24.5 Å². The van der Waals surface area contributed by atoms with E-state index in [-0.39, 0.29) is 6.03 Å². The number of nitrogens with one attached hydrogen (secondary N) is 2. The van der Waals surface area contributed by atoms with Crippen LogP contribution in [0.1, 0.15) is 0 Å². The molecule has 8 heteroatoms. The van der Waals surface area contributed by atoms with E-state index >= 15 is 0 Å². The summed E-state index contributed by atoms with van der Waals surface area (Å²) in [5.41, 5.74) is 2.24. The lowest BCUT2D eigenvalue weighted by Gasteiger charge is -2.27. The predicted octanol–water partition coefficient (Wildman–Crippen LogP) is 3.02. The summed E-state index contributed by atoms with van der Waals surface area (Å²) in [6, 6.07) is 12.5. The van der Waals surface area contributed by atoms with Crippen LogP contribution in [0.4, 0.5) is 22.0 Å². The van der Waals surface area contributed by atoms with E-state index in [1.165, 1.54) is 0 Å². The van der Waals surface area contributed by atoms with Crippen LogP contribution in [-0.4, -0.2) is 47.3 Å². The molecule has 0 spiro atoms. The van der Waals surface area contributed by atoms with Crippen LogP contribution in [0, 0.1) is 0 Å². The van der Waals surface area contributed by atoms with Crippen molar-refractivity contribution in [3.8, 4) is 11.4 Å². The maximum absolute atomic E-state index is 12.1. The number of hydrogen-bond acceptors (Lipinski definition) is 6. The summed E-state index contributed by atoms with van der Waals surface area (Å²) < 4.78 is 5.39. The number of anilines is 3. The summed E-state index contributed by atoms with van der Waals surface area (Å²) in [6.07, 6.45) is 5.01. The van der Waals surface area contributed by atoms with Crippen LogP contribution in [0.25, 0.3) is 11.4 Å². The molecule has 0 atom stereocenters. The van der Waals surface area contributed by atoms with Crippen molar-refractivity contribution < 1.29 is 9.53 Å². The standard InChI is InChI=1S/C20H20N6O2/c27-20(24-17-5-8-21-9-6-17)23-16-3-1-15(2-4-16)19-22-10-7-18(25-19)26-11-13-28-14-12-26/h1-10H,11-14H2,(H2,21,23,24,27). The monoisotopic (exact) mass is 376 g/mol. The minimum absolute atomic E-state index is 0.315. The fourth-order valence-electron chi connectivity index (χ4n) is 2.89. The van der Waals surface area contributed by atoms with Crippen molar-refractivity contribution in [2.75, 3.05) is 41.8 Å². The van der Waals surface area contributed by atoms with E-state index in [4.69, 9.17) is 4.74 Å². The molecule has 1 aromatic carbocycles. The van der Waals surface area contributed by atoms with Gasteiger partial charge >= 0.3 is 6.03 Å². The Labute approximate surface area is 162 Å². The highest BCUT2D eigenvalue weighted by atomic mass is 16.5. The topological polar surface area (TPSA) is 92.3 Å². The zero-order valence-corrected chi connectivity index (χ0v) is 15.2. The van der Waals surface area contributed by atoms with Crippen LogP contribution < -0.4 is 15.5 Å². The molecule has 8 nitrogen and oxygen atoms in total. The predicted molar refractivity (Wildman–Crippen MR) is 107 cm³/mol. The van der Waals surface area contributed by atoms with Crippen molar-refractivity contribution in [3.05, 3.63) is 61.1 Å². The molecule has 142 valence electrons. The Bertz CT molecular complexity index is 927. The Balaban J connectivity index is 1.42. The zero-order valence-electron chi connectivity index (χ0n) is 15.2. The molecule has 3 aromatic rings. The lowest BCUT2D eigenvalue weighted by Crippen LogP contribution is -2.36. The van der Waals surface area contributed by atoms with Crippen molar-refractivity contribution >= 4 is 23.2 Å². The van der Waals surface area contributed by atoms with Gasteiger partial charge in [-0.3, -0.25) is 4.98 Å². The van der Waals surface area contributed by atoms with E-state index in [0.29, 0.717) is 30.4 Å². The molecule has 1 saturated heterocycles. The number of aromatic nitrogens is 3. The molecular weight excluding hydrogens is 356 g/mol. The summed E-state index contributed by atoms with van der Waals surface area (Å²) in [7, 11) is 0. The number of nitrogens with zero attached hydrogens (tertiary/aromatic N) is 4. The van der Waals surface area contributed by atoms with E-state index < -0.39 is 0 Å². The first-order valence-corrected chi connectivity index (χ1v) is 9.02. The second-order valence-corrected chi connectivity index (χ2v) is 6.23. The summed E-state index contributed by atoms with van der Waals surface area (Å²) in [6.45, 7) is 3.07. The number of benzene rings is 1. The Morgan fingerprint density at radius 2 is 1.57 bits per heavy atom. The van der Waals surface area contributed by atoms with Gasteiger partial charge in [0.2, 0.25) is 0 Å². The van der Waals surface area contributed by atoms with Gasteiger partial charge in [-0.2, -0.15) is 0 Å². The number of carbonyl (C=O) groups is 1. The molecule has 3 heterocycles. The minimum Gasteiger partial charge on any atom is -0.378 e. The molecule has 0 unspecified atom stereocenters. The lowest BCUT2D eigenvalue weighted by atomic mass is 10.2. The number of ether oxygens (including phenoxy) is 1. The summed E-state index contributed by atoms with van der Waals surface area (Å²) in [5.74, 6) is 1.55. The van der Waals surface area contributed by atoms with E-state index in [1.54, 1.807) is 30.7 Å². The largest absolute Gasteiger partial charge is 0.378 e. The van der Waals surface area contributed by atoms with Crippen molar-refractivity contribution in [2.45, 2.75) is 0 Å². The molecule has 0 radical (unpaired) electrons. The van der Waals surface area contributed by atoms with Crippen molar-refractivity contribution in [1.82, 2.24) is 15.0 Å². The number of urea groups is 1. The highest BCUT2D eigenvalue weighted by Gasteiger charge is 2.13. The number of rotatable bonds is 4. The molecule has 2 amide bonds. The molecule has 2 N–H and O–H groups in total. The number of pyridine rings is 1. The van der Waals surface area contributed by atoms with Gasteiger partial charge < -0.3 is 20.3 Å². The molecule has 4 rings (SSSR count). The number of carbonyl (C=O) groups excluding carboxylic acids is 1. The minimum atomic E-state index is -0.315. The van der Waals surface area contributed by atoms with Gasteiger partial charge in [0.1, 0.15) is 5.82 Å². The van der Waals surface area contributed by atoms with Crippen molar-refractivity contribution in [3.63, 3.8) is 0 Å². The number of amides is 2. The van der Waals surface area contributed by atoms with Gasteiger partial charge in [-0.1, -0.05) is 0 Å². The Hall–Kier alpha value is -3.52. The highest BCUT2D eigenvalue weighted by Crippen LogP contribution is 2.21. The van der Waals surface area contributed by atoms with Crippen LogP contribution in [0.15, 0.2) is 61.1 Å². The van der Waals surface area contributed by atoms with Crippen LogP contribution in [0.2, 0.25) is 0 Å². The van der Waals surface area contributed by atoms with Gasteiger partial charge in [0.25, 0.3) is 0 Å². The first-order chi connectivity index (χ1) is 13.8. The molecule has 0 aliphatic carbocycles. The van der Waals surface area contributed by atoms with Crippen LogP contribution in [-0.2, 0) is 4.74 Å². The normalized spacial score (nSPS) is 13.8. The van der Waals surface area contributed by atoms with Crippen molar-refractivity contribution in [2.24, 2.45) is 0 Å². The molecule has 1 aliphatic rings. The van der Waals surface area contributed by atoms with Crippen LogP contribution >= 0.6 is 0 Å². The van der Waals surface area contributed by atoms with Crippen molar-refractivity contribution in [1.29, 1.82) is 0 Å². The second kappa shape index (κ2) is 8.45. The third-order valence-electron chi connectivity index (χ3n) is 4.32. The maximum Gasteiger partial charge on any atom is 0.323 e. The number of morpholine rings is 1. The molecule has 0 bridgehead atoms. The summed E-state index contributed by atoms with van der Waals surface area (Å²) in [4.78, 5) is 27.2. The zero-order chi connectivity index (χ0) is 19.2. The molecule has 1 fully saturated rings. The third-order valence-corrected chi connectivity index (χ3v) is 4.32. The number of hydrogen-bond donors (Lipinski definition) is 2. The second-order valence-electron chi connectivity index (χ2n) is 6.23. The third kappa shape index (κ3) is 4.41. The van der Waals surface area contributed by atoms with Gasteiger partial charge in [-0.05, 0) is 42.5 Å². The smallest absolute Gasteiger partial charge is 0.323 e.